The summed E-state index contributed by atoms with van der Waals surface area (Å²) in [4.78, 5) is 11.5. The summed E-state index contributed by atoms with van der Waals surface area (Å²) < 4.78 is 1.75. The Morgan fingerprint density at radius 3 is 2.67 bits per heavy atom. The van der Waals surface area contributed by atoms with Crippen molar-refractivity contribution in [3.05, 3.63) is 18.0 Å². The van der Waals surface area contributed by atoms with Gasteiger partial charge in [0.05, 0.1) is 6.20 Å². The van der Waals surface area contributed by atoms with Gasteiger partial charge in [-0.15, -0.1) is 24.8 Å². The van der Waals surface area contributed by atoms with Gasteiger partial charge in [-0.1, -0.05) is 0 Å². The number of aromatic nitrogens is 2. The van der Waals surface area contributed by atoms with Crippen LogP contribution in [0.25, 0.3) is 0 Å². The van der Waals surface area contributed by atoms with E-state index in [0.29, 0.717) is 19.0 Å². The van der Waals surface area contributed by atoms with Crippen LogP contribution in [0.5, 0.6) is 0 Å². The number of halogens is 2. The first-order chi connectivity index (χ1) is 7.61. The summed E-state index contributed by atoms with van der Waals surface area (Å²) in [5.74, 6) is 0.0888. The van der Waals surface area contributed by atoms with Gasteiger partial charge in [-0.05, 0) is 26.0 Å². The lowest BCUT2D eigenvalue weighted by Gasteiger charge is -2.10. The van der Waals surface area contributed by atoms with Crippen molar-refractivity contribution in [2.45, 2.75) is 25.8 Å². The lowest BCUT2D eigenvalue weighted by atomic mass is 10.2. The minimum absolute atomic E-state index is 0. The summed E-state index contributed by atoms with van der Waals surface area (Å²) >= 11 is 0. The van der Waals surface area contributed by atoms with E-state index < -0.39 is 0 Å². The van der Waals surface area contributed by atoms with Gasteiger partial charge in [-0.3, -0.25) is 9.48 Å². The highest BCUT2D eigenvalue weighted by Gasteiger charge is 2.04. The number of nitrogens with zero attached hydrogens (tertiary/aromatic N) is 2. The molecule has 0 aliphatic carbocycles. The van der Waals surface area contributed by atoms with Crippen LogP contribution >= 0.6 is 24.8 Å². The summed E-state index contributed by atoms with van der Waals surface area (Å²) in [6.45, 7) is 2.70. The van der Waals surface area contributed by atoms with Crippen LogP contribution < -0.4 is 10.6 Å². The molecule has 1 heterocycles. The number of hydrogen-bond donors (Lipinski definition) is 2. The molecule has 0 aliphatic rings. The first kappa shape index (κ1) is 19.6. The first-order valence-electron chi connectivity index (χ1n) is 5.53. The first-order valence-corrected chi connectivity index (χ1v) is 5.53. The maximum Gasteiger partial charge on any atom is 0.220 e. The molecule has 1 unspecified atom stereocenters. The molecular formula is C11H22Cl2N4O. The second-order valence-corrected chi connectivity index (χ2v) is 4.02. The number of nitrogens with one attached hydrogen (secondary N) is 2. The summed E-state index contributed by atoms with van der Waals surface area (Å²) in [6.07, 6.45) is 4.99. The zero-order valence-corrected chi connectivity index (χ0v) is 12.6. The minimum atomic E-state index is 0. The second-order valence-electron chi connectivity index (χ2n) is 4.02. The van der Waals surface area contributed by atoms with Gasteiger partial charge >= 0.3 is 0 Å². The molecule has 5 nitrogen and oxygen atoms in total. The Kier molecular flexibility index (Phi) is 11.1. The van der Waals surface area contributed by atoms with E-state index in [2.05, 4.69) is 15.7 Å². The molecule has 0 aliphatic heterocycles. The van der Waals surface area contributed by atoms with Gasteiger partial charge in [0.1, 0.15) is 0 Å². The molecule has 0 saturated heterocycles. The topological polar surface area (TPSA) is 58.9 Å². The van der Waals surface area contributed by atoms with Crippen molar-refractivity contribution < 1.29 is 4.79 Å². The van der Waals surface area contributed by atoms with Crippen LogP contribution in [0.15, 0.2) is 12.4 Å². The summed E-state index contributed by atoms with van der Waals surface area (Å²) in [5.41, 5.74) is 1.10. The van der Waals surface area contributed by atoms with Crippen molar-refractivity contribution in [3.63, 3.8) is 0 Å². The molecular weight excluding hydrogens is 275 g/mol. The Hall–Kier alpha value is -0.780. The predicted octanol–water partition coefficient (Wildman–Crippen LogP) is 0.920. The van der Waals surface area contributed by atoms with Crippen LogP contribution in [-0.4, -0.2) is 35.3 Å². The summed E-state index contributed by atoms with van der Waals surface area (Å²) in [6, 6.07) is 0.308. The number of amides is 1. The van der Waals surface area contributed by atoms with Crippen LogP contribution in [0.1, 0.15) is 18.9 Å². The summed E-state index contributed by atoms with van der Waals surface area (Å²) in [7, 11) is 3.75. The van der Waals surface area contributed by atoms with E-state index in [1.165, 1.54) is 0 Å². The van der Waals surface area contributed by atoms with Crippen LogP contribution in [0.4, 0.5) is 0 Å². The smallest absolute Gasteiger partial charge is 0.220 e. The molecule has 2 N–H and O–H groups in total. The molecule has 7 heteroatoms. The Labute approximate surface area is 121 Å². The number of likely N-dealkylation sites (N-methyl/N-ethyl adjacent to an activating group) is 1. The third-order valence-corrected chi connectivity index (χ3v) is 2.50. The molecule has 0 aromatic carbocycles. The van der Waals surface area contributed by atoms with Gasteiger partial charge < -0.3 is 10.6 Å². The Morgan fingerprint density at radius 1 is 1.50 bits per heavy atom. The molecule has 0 fully saturated rings. The van der Waals surface area contributed by atoms with Gasteiger partial charge in [-0.25, -0.2) is 0 Å². The predicted molar refractivity (Wildman–Crippen MR) is 77.6 cm³/mol. The van der Waals surface area contributed by atoms with E-state index in [-0.39, 0.29) is 30.7 Å². The third kappa shape index (κ3) is 7.53. The molecule has 0 radical (unpaired) electrons. The fraction of sp³-hybridized carbons (Fsp3) is 0.636. The van der Waals surface area contributed by atoms with Gasteiger partial charge in [0.15, 0.2) is 0 Å². The van der Waals surface area contributed by atoms with Gasteiger partial charge in [0.2, 0.25) is 5.91 Å². The Bertz CT molecular complexity index is 344. The van der Waals surface area contributed by atoms with Crippen molar-refractivity contribution in [2.24, 2.45) is 7.05 Å². The van der Waals surface area contributed by atoms with E-state index in [1.807, 2.05) is 27.2 Å². The van der Waals surface area contributed by atoms with E-state index >= 15 is 0 Å². The minimum Gasteiger partial charge on any atom is -0.355 e. The summed E-state index contributed by atoms with van der Waals surface area (Å²) in [5, 5.41) is 10.0. The van der Waals surface area contributed by atoms with E-state index in [4.69, 9.17) is 0 Å². The fourth-order valence-corrected chi connectivity index (χ4v) is 1.32. The van der Waals surface area contributed by atoms with Gasteiger partial charge in [-0.2, -0.15) is 5.10 Å². The SMILES string of the molecule is CNC(C)CNC(=O)CCc1cnn(C)c1.Cl.Cl. The second kappa shape index (κ2) is 10.2. The molecule has 1 amide bonds. The highest BCUT2D eigenvalue weighted by Crippen LogP contribution is 2.00. The lowest BCUT2D eigenvalue weighted by Crippen LogP contribution is -2.37. The van der Waals surface area contributed by atoms with Gasteiger partial charge in [0, 0.05) is 32.3 Å². The van der Waals surface area contributed by atoms with E-state index in [0.717, 1.165) is 12.0 Å². The number of carbonyl (C=O) groups is 1. The van der Waals surface area contributed by atoms with E-state index in [9.17, 15) is 4.79 Å². The van der Waals surface area contributed by atoms with Crippen molar-refractivity contribution in [2.75, 3.05) is 13.6 Å². The maximum atomic E-state index is 11.5. The van der Waals surface area contributed by atoms with Crippen LogP contribution in [0.3, 0.4) is 0 Å². The zero-order valence-electron chi connectivity index (χ0n) is 11.0. The normalized spacial score (nSPS) is 11.1. The molecule has 0 saturated carbocycles. The molecule has 18 heavy (non-hydrogen) atoms. The highest BCUT2D eigenvalue weighted by molar-refractivity contribution is 5.85. The molecule has 0 bridgehead atoms. The molecule has 0 spiro atoms. The van der Waals surface area contributed by atoms with Crippen LogP contribution in [0.2, 0.25) is 0 Å². The monoisotopic (exact) mass is 296 g/mol. The fourth-order valence-electron chi connectivity index (χ4n) is 1.32. The number of hydrogen-bond acceptors (Lipinski definition) is 3. The van der Waals surface area contributed by atoms with Crippen molar-refractivity contribution >= 4 is 30.7 Å². The lowest BCUT2D eigenvalue weighted by molar-refractivity contribution is -0.121. The molecule has 1 atom stereocenters. The average Bonchev–Trinajstić information content (AvgIpc) is 2.69. The molecule has 1 aromatic rings. The molecule has 106 valence electrons. The molecule has 1 aromatic heterocycles. The van der Waals surface area contributed by atoms with Crippen molar-refractivity contribution in [1.82, 2.24) is 20.4 Å². The van der Waals surface area contributed by atoms with Crippen LogP contribution in [0, 0.1) is 0 Å². The van der Waals surface area contributed by atoms with Crippen LogP contribution in [-0.2, 0) is 18.3 Å². The zero-order chi connectivity index (χ0) is 12.0. The quantitative estimate of drug-likeness (QED) is 0.821. The third-order valence-electron chi connectivity index (χ3n) is 2.50. The highest BCUT2D eigenvalue weighted by atomic mass is 35.5. The number of rotatable bonds is 6. The Balaban J connectivity index is 0. The van der Waals surface area contributed by atoms with Crippen molar-refractivity contribution in [1.29, 1.82) is 0 Å². The Morgan fingerprint density at radius 2 is 2.17 bits per heavy atom. The van der Waals surface area contributed by atoms with Gasteiger partial charge in [0.25, 0.3) is 0 Å². The maximum absolute atomic E-state index is 11.5. The molecule has 1 rings (SSSR count). The standard InChI is InChI=1S/C11H20N4O.2ClH/c1-9(12-2)6-13-11(16)5-4-10-7-14-15(3)8-10;;/h7-9,12H,4-6H2,1-3H3,(H,13,16);2*1H. The number of carbonyl (C=O) groups excluding carboxylic acids is 1. The number of aryl methyl sites for hydroxylation is 2. The van der Waals surface area contributed by atoms with Crippen molar-refractivity contribution in [3.8, 4) is 0 Å². The van der Waals surface area contributed by atoms with E-state index in [1.54, 1.807) is 10.9 Å². The largest absolute Gasteiger partial charge is 0.355 e. The average molecular weight is 297 g/mol.